The largest absolute Gasteiger partial charge is 0.339 e. The van der Waals surface area contributed by atoms with Gasteiger partial charge >= 0.3 is 0 Å². The normalized spacial score (nSPS) is 33.1. The molecule has 3 heterocycles. The first kappa shape index (κ1) is 12.8. The van der Waals surface area contributed by atoms with Gasteiger partial charge in [-0.05, 0) is 49.7 Å². The van der Waals surface area contributed by atoms with E-state index < -0.39 is 0 Å². The highest BCUT2D eigenvalue weighted by Crippen LogP contribution is 2.40. The smallest absolute Gasteiger partial charge is 0.231 e. The highest BCUT2D eigenvalue weighted by atomic mass is 16.5. The molecule has 3 aliphatic rings. The molecule has 1 N–H and O–H groups in total. The molecule has 4 heteroatoms. The van der Waals surface area contributed by atoms with Crippen molar-refractivity contribution < 1.29 is 4.52 Å². The van der Waals surface area contributed by atoms with Gasteiger partial charge in [0.15, 0.2) is 5.82 Å². The maximum atomic E-state index is 5.64. The molecule has 2 aliphatic heterocycles. The summed E-state index contributed by atoms with van der Waals surface area (Å²) in [6.07, 6.45) is 7.03. The molecule has 0 spiro atoms. The van der Waals surface area contributed by atoms with Crippen LogP contribution in [0.25, 0.3) is 0 Å². The molecule has 0 radical (unpaired) electrons. The molecule has 22 heavy (non-hydrogen) atoms. The third kappa shape index (κ3) is 2.01. The Hall–Kier alpha value is -1.68. The molecule has 2 saturated heterocycles. The summed E-state index contributed by atoms with van der Waals surface area (Å²) >= 11 is 0. The summed E-state index contributed by atoms with van der Waals surface area (Å²) in [6.45, 7) is 0. The Labute approximate surface area is 130 Å². The zero-order valence-electron chi connectivity index (χ0n) is 12.7. The Morgan fingerprint density at radius 3 is 2.82 bits per heavy atom. The van der Waals surface area contributed by atoms with Gasteiger partial charge in [0, 0.05) is 18.0 Å². The van der Waals surface area contributed by atoms with Crippen LogP contribution in [0.4, 0.5) is 0 Å². The number of nitrogens with one attached hydrogen (secondary N) is 1. The van der Waals surface area contributed by atoms with E-state index in [1.165, 1.54) is 30.4 Å². The average molecular weight is 295 g/mol. The van der Waals surface area contributed by atoms with Gasteiger partial charge in [-0.2, -0.15) is 4.98 Å². The molecule has 1 aromatic heterocycles. The predicted molar refractivity (Wildman–Crippen MR) is 82.8 cm³/mol. The van der Waals surface area contributed by atoms with Gasteiger partial charge < -0.3 is 9.84 Å². The monoisotopic (exact) mass is 295 g/mol. The van der Waals surface area contributed by atoms with Gasteiger partial charge in [0.25, 0.3) is 0 Å². The Bertz CT molecular complexity index is 695. The summed E-state index contributed by atoms with van der Waals surface area (Å²) < 4.78 is 5.64. The highest BCUT2D eigenvalue weighted by Gasteiger charge is 2.42. The number of hydrogen-bond donors (Lipinski definition) is 1. The molecule has 4 atom stereocenters. The second-order valence-electron chi connectivity index (χ2n) is 7.09. The lowest BCUT2D eigenvalue weighted by atomic mass is 9.83. The second-order valence-corrected chi connectivity index (χ2v) is 7.09. The van der Waals surface area contributed by atoms with Gasteiger partial charge in [-0.15, -0.1) is 0 Å². The third-order valence-electron chi connectivity index (χ3n) is 5.79. The van der Waals surface area contributed by atoms with Gasteiger partial charge in [0.05, 0.1) is 5.92 Å². The average Bonchev–Trinajstić information content (AvgIpc) is 3.30. The number of aromatic nitrogens is 2. The number of nitrogens with zero attached hydrogens (tertiary/aromatic N) is 2. The SMILES string of the molecule is c1ccc2c(c1)CCC(c1noc([C@H]3C[C@H]4CC[C@@H]3N4)n1)C2. The molecule has 1 unspecified atom stereocenters. The summed E-state index contributed by atoms with van der Waals surface area (Å²) in [6, 6.07) is 9.98. The number of fused-ring (bicyclic) bond motifs is 3. The van der Waals surface area contributed by atoms with E-state index in [4.69, 9.17) is 9.51 Å². The Balaban J connectivity index is 1.37. The van der Waals surface area contributed by atoms with Crippen molar-refractivity contribution in [3.05, 3.63) is 47.1 Å². The quantitative estimate of drug-likeness (QED) is 0.925. The van der Waals surface area contributed by atoms with Crippen molar-refractivity contribution in [2.24, 2.45) is 0 Å². The highest BCUT2D eigenvalue weighted by molar-refractivity contribution is 5.31. The van der Waals surface area contributed by atoms with Gasteiger partial charge in [0.2, 0.25) is 5.89 Å². The molecule has 114 valence electrons. The van der Waals surface area contributed by atoms with Crippen LogP contribution in [0, 0.1) is 0 Å². The van der Waals surface area contributed by atoms with Crippen molar-refractivity contribution >= 4 is 0 Å². The van der Waals surface area contributed by atoms with Crippen molar-refractivity contribution in [1.29, 1.82) is 0 Å². The van der Waals surface area contributed by atoms with Crippen LogP contribution >= 0.6 is 0 Å². The molecular formula is C18H21N3O. The van der Waals surface area contributed by atoms with Crippen molar-refractivity contribution in [2.45, 2.75) is 62.4 Å². The first-order valence-electron chi connectivity index (χ1n) is 8.53. The lowest BCUT2D eigenvalue weighted by Gasteiger charge is -2.21. The van der Waals surface area contributed by atoms with Crippen LogP contribution in [-0.4, -0.2) is 22.2 Å². The molecular weight excluding hydrogens is 274 g/mol. The number of aryl methyl sites for hydroxylation is 1. The van der Waals surface area contributed by atoms with Gasteiger partial charge in [0.1, 0.15) is 0 Å². The topological polar surface area (TPSA) is 51.0 Å². The fourth-order valence-corrected chi connectivity index (χ4v) is 4.58. The number of hydrogen-bond acceptors (Lipinski definition) is 4. The van der Waals surface area contributed by atoms with E-state index in [2.05, 4.69) is 34.7 Å². The molecule has 2 bridgehead atoms. The Kier molecular flexibility index (Phi) is 2.87. The lowest BCUT2D eigenvalue weighted by Crippen LogP contribution is -2.21. The maximum Gasteiger partial charge on any atom is 0.231 e. The zero-order valence-corrected chi connectivity index (χ0v) is 12.7. The van der Waals surface area contributed by atoms with Gasteiger partial charge in [-0.1, -0.05) is 29.4 Å². The summed E-state index contributed by atoms with van der Waals surface area (Å²) in [7, 11) is 0. The minimum absolute atomic E-state index is 0.416. The number of benzene rings is 1. The molecule has 2 aromatic rings. The van der Waals surface area contributed by atoms with E-state index in [1.807, 2.05) is 0 Å². The minimum Gasteiger partial charge on any atom is -0.339 e. The van der Waals surface area contributed by atoms with Crippen molar-refractivity contribution in [3.8, 4) is 0 Å². The lowest BCUT2D eigenvalue weighted by molar-refractivity contribution is 0.324. The van der Waals surface area contributed by atoms with Crippen LogP contribution < -0.4 is 5.32 Å². The fourth-order valence-electron chi connectivity index (χ4n) is 4.58. The summed E-state index contributed by atoms with van der Waals surface area (Å²) in [5.41, 5.74) is 2.94. The van der Waals surface area contributed by atoms with E-state index in [-0.39, 0.29) is 0 Å². The fraction of sp³-hybridized carbons (Fsp3) is 0.556. The third-order valence-corrected chi connectivity index (χ3v) is 5.79. The van der Waals surface area contributed by atoms with Gasteiger partial charge in [-0.3, -0.25) is 0 Å². The van der Waals surface area contributed by atoms with E-state index >= 15 is 0 Å². The summed E-state index contributed by atoms with van der Waals surface area (Å²) in [5, 5.41) is 7.98. The van der Waals surface area contributed by atoms with Crippen molar-refractivity contribution in [2.75, 3.05) is 0 Å². The first-order valence-corrected chi connectivity index (χ1v) is 8.53. The van der Waals surface area contributed by atoms with Crippen LogP contribution in [-0.2, 0) is 12.8 Å². The summed E-state index contributed by atoms with van der Waals surface area (Å²) in [5.74, 6) is 2.65. The van der Waals surface area contributed by atoms with Crippen LogP contribution in [0.3, 0.4) is 0 Å². The molecule has 4 nitrogen and oxygen atoms in total. The van der Waals surface area contributed by atoms with E-state index in [0.29, 0.717) is 23.9 Å². The Morgan fingerprint density at radius 2 is 2.00 bits per heavy atom. The zero-order chi connectivity index (χ0) is 14.5. The molecule has 0 amide bonds. The van der Waals surface area contributed by atoms with Gasteiger partial charge in [-0.25, -0.2) is 0 Å². The van der Waals surface area contributed by atoms with Crippen molar-refractivity contribution in [3.63, 3.8) is 0 Å². The van der Waals surface area contributed by atoms with Crippen LogP contribution in [0.1, 0.15) is 60.4 Å². The molecule has 1 aliphatic carbocycles. The predicted octanol–water partition coefficient (Wildman–Crippen LogP) is 2.95. The van der Waals surface area contributed by atoms with Crippen LogP contribution in [0.5, 0.6) is 0 Å². The van der Waals surface area contributed by atoms with Crippen molar-refractivity contribution in [1.82, 2.24) is 15.5 Å². The van der Waals surface area contributed by atoms with Crippen LogP contribution in [0.15, 0.2) is 28.8 Å². The standard InChI is InChI=1S/C18H21N3O/c1-2-4-12-9-13(6-5-11(12)3-1)17-20-18(22-21-17)15-10-14-7-8-16(15)19-14/h1-4,13-16,19H,5-10H2/t13?,14-,15+,16+/m1/s1. The number of rotatable bonds is 2. The second kappa shape index (κ2) is 4.92. The molecule has 5 rings (SSSR count). The van der Waals surface area contributed by atoms with E-state index in [0.717, 1.165) is 31.0 Å². The maximum absolute atomic E-state index is 5.64. The Morgan fingerprint density at radius 1 is 1.09 bits per heavy atom. The molecule has 0 saturated carbocycles. The van der Waals surface area contributed by atoms with E-state index in [9.17, 15) is 0 Å². The summed E-state index contributed by atoms with van der Waals surface area (Å²) in [4.78, 5) is 4.79. The van der Waals surface area contributed by atoms with E-state index in [1.54, 1.807) is 0 Å². The first-order chi connectivity index (χ1) is 10.9. The molecule has 2 fully saturated rings. The molecule has 1 aromatic carbocycles. The minimum atomic E-state index is 0.416. The van der Waals surface area contributed by atoms with Crippen LogP contribution in [0.2, 0.25) is 0 Å².